The molecule has 1 fully saturated rings. The molecule has 0 radical (unpaired) electrons. The molecular formula is C14H14ClNOS. The van der Waals surface area contributed by atoms with E-state index < -0.39 is 0 Å². The number of likely N-dealkylation sites (tertiary alicyclic amines) is 1. The van der Waals surface area contributed by atoms with Crippen LogP contribution in [-0.2, 0) is 0 Å². The van der Waals surface area contributed by atoms with Gasteiger partial charge in [-0.3, -0.25) is 4.79 Å². The summed E-state index contributed by atoms with van der Waals surface area (Å²) < 4.78 is 1.17. The van der Waals surface area contributed by atoms with Crippen molar-refractivity contribution >= 4 is 38.9 Å². The minimum absolute atomic E-state index is 0.153. The number of hydrogen-bond donors (Lipinski definition) is 0. The van der Waals surface area contributed by atoms with Gasteiger partial charge in [0.2, 0.25) is 0 Å². The van der Waals surface area contributed by atoms with Gasteiger partial charge in [0.25, 0.3) is 5.91 Å². The van der Waals surface area contributed by atoms with Gasteiger partial charge >= 0.3 is 0 Å². The Kier molecular flexibility index (Phi) is 3.27. The zero-order valence-electron chi connectivity index (χ0n) is 9.93. The molecule has 0 atom stereocenters. The normalized spacial score (nSPS) is 17.3. The highest BCUT2D eigenvalue weighted by Gasteiger charge is 2.23. The zero-order chi connectivity index (χ0) is 12.5. The van der Waals surface area contributed by atoms with Gasteiger partial charge in [-0.25, -0.2) is 0 Å². The van der Waals surface area contributed by atoms with Crippen molar-refractivity contribution in [3.63, 3.8) is 0 Å². The van der Waals surface area contributed by atoms with Gasteiger partial charge in [0.05, 0.1) is 4.88 Å². The maximum Gasteiger partial charge on any atom is 0.263 e. The van der Waals surface area contributed by atoms with Crippen molar-refractivity contribution in [2.75, 3.05) is 13.1 Å². The monoisotopic (exact) mass is 279 g/mol. The first-order valence-electron chi connectivity index (χ1n) is 6.16. The van der Waals surface area contributed by atoms with Crippen molar-refractivity contribution in [2.24, 2.45) is 0 Å². The molecule has 0 bridgehead atoms. The van der Waals surface area contributed by atoms with Crippen molar-refractivity contribution in [3.05, 3.63) is 35.2 Å². The molecule has 1 saturated heterocycles. The van der Waals surface area contributed by atoms with Crippen molar-refractivity contribution in [1.29, 1.82) is 0 Å². The molecule has 0 N–H and O–H groups in total. The fraction of sp³-hybridized carbons (Fsp3) is 0.357. The lowest BCUT2D eigenvalue weighted by Gasteiger charge is -2.28. The van der Waals surface area contributed by atoms with Crippen molar-refractivity contribution < 1.29 is 4.79 Å². The average Bonchev–Trinajstić information content (AvgIpc) is 2.82. The smallest absolute Gasteiger partial charge is 0.263 e. The number of carbonyl (C=O) groups is 1. The summed E-state index contributed by atoms with van der Waals surface area (Å²) in [7, 11) is 0. The molecule has 0 saturated carbocycles. The Morgan fingerprint density at radius 3 is 2.72 bits per heavy atom. The first kappa shape index (κ1) is 12.0. The Balaban J connectivity index is 1.83. The number of carbonyl (C=O) groups excluding carboxylic acids is 1. The van der Waals surface area contributed by atoms with Crippen LogP contribution in [0.25, 0.3) is 10.1 Å². The van der Waals surface area contributed by atoms with Crippen LogP contribution >= 0.6 is 22.9 Å². The van der Waals surface area contributed by atoms with E-state index in [1.807, 2.05) is 29.2 Å². The predicted octanol–water partition coefficient (Wildman–Crippen LogP) is 3.74. The van der Waals surface area contributed by atoms with E-state index in [0.717, 1.165) is 36.2 Å². The summed E-state index contributed by atoms with van der Waals surface area (Å²) in [5, 5.41) is 1.38. The van der Waals surface area contributed by atoms with Crippen LogP contribution in [0.2, 0.25) is 0 Å². The van der Waals surface area contributed by atoms with Gasteiger partial charge in [0.1, 0.15) is 0 Å². The van der Waals surface area contributed by atoms with Crippen LogP contribution in [0.4, 0.5) is 0 Å². The van der Waals surface area contributed by atoms with Crippen molar-refractivity contribution in [2.45, 2.75) is 18.2 Å². The van der Waals surface area contributed by atoms with Crippen LogP contribution in [0.5, 0.6) is 0 Å². The second-order valence-electron chi connectivity index (χ2n) is 4.62. The van der Waals surface area contributed by atoms with Gasteiger partial charge in [0.15, 0.2) is 0 Å². The molecule has 94 valence electrons. The summed E-state index contributed by atoms with van der Waals surface area (Å²) in [4.78, 5) is 15.1. The highest BCUT2D eigenvalue weighted by Crippen LogP contribution is 2.27. The maximum absolute atomic E-state index is 12.4. The summed E-state index contributed by atoms with van der Waals surface area (Å²) in [6.07, 6.45) is 1.80. The number of benzene rings is 1. The molecule has 1 aliphatic heterocycles. The van der Waals surface area contributed by atoms with E-state index >= 15 is 0 Å². The van der Waals surface area contributed by atoms with E-state index in [-0.39, 0.29) is 11.3 Å². The molecule has 2 heterocycles. The van der Waals surface area contributed by atoms with E-state index in [9.17, 15) is 4.79 Å². The summed E-state index contributed by atoms with van der Waals surface area (Å²) in [6.45, 7) is 1.56. The second-order valence-corrected chi connectivity index (χ2v) is 6.32. The number of amides is 1. The third-order valence-electron chi connectivity index (χ3n) is 3.35. The van der Waals surface area contributed by atoms with Gasteiger partial charge in [0, 0.05) is 23.2 Å². The Labute approximate surface area is 115 Å². The number of thiophene rings is 1. The molecule has 4 heteroatoms. The minimum Gasteiger partial charge on any atom is -0.338 e. The fourth-order valence-electron chi connectivity index (χ4n) is 2.29. The van der Waals surface area contributed by atoms with E-state index in [4.69, 9.17) is 11.6 Å². The number of piperidine rings is 1. The molecular weight excluding hydrogens is 266 g/mol. The van der Waals surface area contributed by atoms with Gasteiger partial charge in [-0.05, 0) is 30.4 Å². The van der Waals surface area contributed by atoms with Crippen LogP contribution in [0.3, 0.4) is 0 Å². The molecule has 18 heavy (non-hydrogen) atoms. The Bertz CT molecular complexity index is 539. The van der Waals surface area contributed by atoms with Crippen LogP contribution < -0.4 is 0 Å². The lowest BCUT2D eigenvalue weighted by atomic mass is 10.1. The van der Waals surface area contributed by atoms with Crippen LogP contribution in [0, 0.1) is 0 Å². The van der Waals surface area contributed by atoms with E-state index in [1.165, 1.54) is 4.70 Å². The molecule has 1 aromatic heterocycles. The van der Waals surface area contributed by atoms with Crippen LogP contribution in [-0.4, -0.2) is 29.3 Å². The molecule has 0 spiro atoms. The Hall–Kier alpha value is -1.06. The van der Waals surface area contributed by atoms with Crippen molar-refractivity contribution in [3.8, 4) is 0 Å². The zero-order valence-corrected chi connectivity index (χ0v) is 11.5. The molecule has 0 aliphatic carbocycles. The van der Waals surface area contributed by atoms with Crippen LogP contribution in [0.15, 0.2) is 30.3 Å². The molecule has 1 amide bonds. The molecule has 2 nitrogen and oxygen atoms in total. The summed E-state index contributed by atoms with van der Waals surface area (Å²) >= 11 is 7.64. The average molecular weight is 280 g/mol. The third-order valence-corrected chi connectivity index (χ3v) is 4.89. The van der Waals surface area contributed by atoms with Gasteiger partial charge in [-0.15, -0.1) is 22.9 Å². The predicted molar refractivity (Wildman–Crippen MR) is 76.6 cm³/mol. The molecule has 1 aliphatic rings. The van der Waals surface area contributed by atoms with E-state index in [0.29, 0.717) is 0 Å². The number of rotatable bonds is 1. The quantitative estimate of drug-likeness (QED) is 0.728. The van der Waals surface area contributed by atoms with Crippen molar-refractivity contribution in [1.82, 2.24) is 4.90 Å². The summed E-state index contributed by atoms with van der Waals surface area (Å²) in [5.41, 5.74) is 0. The first-order chi connectivity index (χ1) is 8.74. The fourth-order valence-corrected chi connectivity index (χ4v) is 3.52. The molecule has 0 unspecified atom stereocenters. The largest absolute Gasteiger partial charge is 0.338 e. The highest BCUT2D eigenvalue weighted by molar-refractivity contribution is 7.20. The molecule has 1 aromatic carbocycles. The molecule has 2 aromatic rings. The van der Waals surface area contributed by atoms with E-state index in [1.54, 1.807) is 11.3 Å². The standard InChI is InChI=1S/C14H14ClNOS/c15-11-5-7-16(8-6-11)14(17)13-9-10-3-1-2-4-12(10)18-13/h1-4,9,11H,5-8H2. The van der Waals surface area contributed by atoms with Gasteiger partial charge < -0.3 is 4.90 Å². The lowest BCUT2D eigenvalue weighted by molar-refractivity contribution is 0.0731. The summed E-state index contributed by atoms with van der Waals surface area (Å²) in [5.74, 6) is 0.153. The maximum atomic E-state index is 12.4. The topological polar surface area (TPSA) is 20.3 Å². The minimum atomic E-state index is 0.153. The SMILES string of the molecule is O=C(c1cc2ccccc2s1)N1CCC(Cl)CC1. The Morgan fingerprint density at radius 2 is 2.00 bits per heavy atom. The van der Waals surface area contributed by atoms with Gasteiger partial charge in [-0.2, -0.15) is 0 Å². The van der Waals surface area contributed by atoms with E-state index in [2.05, 4.69) is 6.07 Å². The molecule has 3 rings (SSSR count). The number of halogens is 1. The third kappa shape index (κ3) is 2.25. The van der Waals surface area contributed by atoms with Crippen LogP contribution in [0.1, 0.15) is 22.5 Å². The highest BCUT2D eigenvalue weighted by atomic mass is 35.5. The first-order valence-corrected chi connectivity index (χ1v) is 7.41. The second kappa shape index (κ2) is 4.90. The number of alkyl halides is 1. The number of fused-ring (bicyclic) bond motifs is 1. The Morgan fingerprint density at radius 1 is 1.28 bits per heavy atom. The summed E-state index contributed by atoms with van der Waals surface area (Å²) in [6, 6.07) is 10.1. The number of nitrogens with zero attached hydrogens (tertiary/aromatic N) is 1. The number of hydrogen-bond acceptors (Lipinski definition) is 2. The lowest BCUT2D eigenvalue weighted by Crippen LogP contribution is -2.38. The van der Waals surface area contributed by atoms with Gasteiger partial charge in [-0.1, -0.05) is 18.2 Å².